The zero-order chi connectivity index (χ0) is 9.84. The average Bonchev–Trinajstić information content (AvgIpc) is 2.09. The first-order valence-corrected chi connectivity index (χ1v) is 3.76. The maximum Gasteiger partial charge on any atom is 0.128 e. The maximum absolute atomic E-state index is 13.0. The molecule has 3 nitrogen and oxygen atoms in total. The molecule has 1 rings (SSSR count). The van der Waals surface area contributed by atoms with Crippen LogP contribution >= 0.6 is 0 Å². The number of hydrogen-bond acceptors (Lipinski definition) is 3. The monoisotopic (exact) mass is 180 g/mol. The molecule has 0 aliphatic heterocycles. The van der Waals surface area contributed by atoms with E-state index >= 15 is 0 Å². The number of hydrogen-bond donors (Lipinski definition) is 2. The first-order chi connectivity index (χ1) is 6.15. The Morgan fingerprint density at radius 3 is 2.92 bits per heavy atom. The second-order valence-electron chi connectivity index (χ2n) is 2.67. The van der Waals surface area contributed by atoms with Crippen molar-refractivity contribution in [1.82, 2.24) is 0 Å². The standard InChI is InChI=1S/C9H9FN2O/c10-8-2-1-6(13)5-7(8)9(12)3-4-11/h1-2,5,9,13H,3,12H2/t9-/m1/s1. The summed E-state index contributed by atoms with van der Waals surface area (Å²) >= 11 is 0. The van der Waals surface area contributed by atoms with Crippen molar-refractivity contribution in [1.29, 1.82) is 5.26 Å². The van der Waals surface area contributed by atoms with E-state index in [1.54, 1.807) is 0 Å². The Labute approximate surface area is 75.2 Å². The lowest BCUT2D eigenvalue weighted by Crippen LogP contribution is -2.11. The van der Waals surface area contributed by atoms with Gasteiger partial charge in [-0.3, -0.25) is 0 Å². The van der Waals surface area contributed by atoms with E-state index in [0.717, 1.165) is 6.07 Å². The van der Waals surface area contributed by atoms with Gasteiger partial charge in [0.1, 0.15) is 11.6 Å². The highest BCUT2D eigenvalue weighted by Crippen LogP contribution is 2.21. The van der Waals surface area contributed by atoms with Gasteiger partial charge in [-0.25, -0.2) is 4.39 Å². The lowest BCUT2D eigenvalue weighted by atomic mass is 10.0. The second kappa shape index (κ2) is 3.87. The highest BCUT2D eigenvalue weighted by Gasteiger charge is 2.11. The molecule has 3 N–H and O–H groups in total. The number of nitriles is 1. The average molecular weight is 180 g/mol. The van der Waals surface area contributed by atoms with Crippen molar-refractivity contribution < 1.29 is 9.50 Å². The number of phenols is 1. The molecule has 0 radical (unpaired) electrons. The minimum absolute atomic E-state index is 0.0281. The molecule has 0 bridgehead atoms. The minimum Gasteiger partial charge on any atom is -0.508 e. The largest absolute Gasteiger partial charge is 0.508 e. The van der Waals surface area contributed by atoms with E-state index in [-0.39, 0.29) is 17.7 Å². The number of nitrogens with zero attached hydrogens (tertiary/aromatic N) is 1. The van der Waals surface area contributed by atoms with Gasteiger partial charge in [-0.2, -0.15) is 5.26 Å². The van der Waals surface area contributed by atoms with Gasteiger partial charge in [0.25, 0.3) is 0 Å². The molecule has 1 aromatic rings. The summed E-state index contributed by atoms with van der Waals surface area (Å²) in [5.41, 5.74) is 5.67. The van der Waals surface area contributed by atoms with Gasteiger partial charge < -0.3 is 10.8 Å². The molecular weight excluding hydrogens is 171 g/mol. The molecule has 0 fully saturated rings. The number of nitrogens with two attached hydrogens (primary N) is 1. The fraction of sp³-hybridized carbons (Fsp3) is 0.222. The third kappa shape index (κ3) is 2.17. The van der Waals surface area contributed by atoms with Crippen molar-refractivity contribution in [2.45, 2.75) is 12.5 Å². The molecule has 0 aliphatic rings. The molecule has 0 amide bonds. The second-order valence-corrected chi connectivity index (χ2v) is 2.67. The van der Waals surface area contributed by atoms with Crippen LogP contribution in [0.4, 0.5) is 4.39 Å². The smallest absolute Gasteiger partial charge is 0.128 e. The van der Waals surface area contributed by atoms with Crippen LogP contribution in [0.25, 0.3) is 0 Å². The van der Waals surface area contributed by atoms with Crippen LogP contribution in [0.2, 0.25) is 0 Å². The Morgan fingerprint density at radius 1 is 1.62 bits per heavy atom. The van der Waals surface area contributed by atoms with Crippen molar-refractivity contribution in [3.05, 3.63) is 29.6 Å². The molecule has 1 aromatic carbocycles. The molecule has 0 aromatic heterocycles. The Morgan fingerprint density at radius 2 is 2.31 bits per heavy atom. The molecule has 0 heterocycles. The summed E-state index contributed by atoms with van der Waals surface area (Å²) in [6.45, 7) is 0. The third-order valence-electron chi connectivity index (χ3n) is 1.69. The van der Waals surface area contributed by atoms with E-state index in [1.807, 2.05) is 6.07 Å². The van der Waals surface area contributed by atoms with Crippen LogP contribution in [-0.4, -0.2) is 5.11 Å². The topological polar surface area (TPSA) is 70.0 Å². The van der Waals surface area contributed by atoms with Crippen molar-refractivity contribution in [2.75, 3.05) is 0 Å². The quantitative estimate of drug-likeness (QED) is 0.723. The van der Waals surface area contributed by atoms with Crippen LogP contribution in [0.15, 0.2) is 18.2 Å². The summed E-state index contributed by atoms with van der Waals surface area (Å²) in [5.74, 6) is -0.551. The number of benzene rings is 1. The van der Waals surface area contributed by atoms with Crippen LogP contribution in [-0.2, 0) is 0 Å². The molecule has 0 saturated heterocycles. The Balaban J connectivity index is 3.00. The molecule has 13 heavy (non-hydrogen) atoms. The van der Waals surface area contributed by atoms with Gasteiger partial charge in [-0.1, -0.05) is 0 Å². The summed E-state index contributed by atoms with van der Waals surface area (Å²) in [6.07, 6.45) is 0.0281. The van der Waals surface area contributed by atoms with Crippen molar-refractivity contribution in [2.24, 2.45) is 5.73 Å². The van der Waals surface area contributed by atoms with E-state index in [9.17, 15) is 4.39 Å². The van der Waals surface area contributed by atoms with Crippen LogP contribution in [0.1, 0.15) is 18.0 Å². The van der Waals surface area contributed by atoms with E-state index in [0.29, 0.717) is 0 Å². The molecule has 4 heteroatoms. The fourth-order valence-electron chi connectivity index (χ4n) is 1.02. The van der Waals surface area contributed by atoms with E-state index < -0.39 is 11.9 Å². The van der Waals surface area contributed by atoms with Gasteiger partial charge in [0.05, 0.1) is 12.5 Å². The fourth-order valence-corrected chi connectivity index (χ4v) is 1.02. The lowest BCUT2D eigenvalue weighted by molar-refractivity contribution is 0.469. The van der Waals surface area contributed by atoms with Gasteiger partial charge in [0.2, 0.25) is 0 Å². The maximum atomic E-state index is 13.0. The van der Waals surface area contributed by atoms with Crippen LogP contribution < -0.4 is 5.73 Å². The minimum atomic E-state index is -0.683. The van der Waals surface area contributed by atoms with Gasteiger partial charge in [-0.05, 0) is 18.2 Å². The van der Waals surface area contributed by atoms with Crippen LogP contribution in [0.5, 0.6) is 5.75 Å². The Bertz CT molecular complexity index is 346. The predicted octanol–water partition coefficient (Wildman–Crippen LogP) is 1.44. The highest BCUT2D eigenvalue weighted by molar-refractivity contribution is 5.31. The first-order valence-electron chi connectivity index (χ1n) is 3.76. The summed E-state index contributed by atoms with van der Waals surface area (Å²) in [7, 11) is 0. The SMILES string of the molecule is N#CC[C@@H](N)c1cc(O)ccc1F. The van der Waals surface area contributed by atoms with Gasteiger partial charge in [0.15, 0.2) is 0 Å². The van der Waals surface area contributed by atoms with E-state index in [1.165, 1.54) is 12.1 Å². The highest BCUT2D eigenvalue weighted by atomic mass is 19.1. The zero-order valence-electron chi connectivity index (χ0n) is 6.87. The summed E-state index contributed by atoms with van der Waals surface area (Å²) in [4.78, 5) is 0. The first kappa shape index (κ1) is 9.49. The predicted molar refractivity (Wildman–Crippen MR) is 45.2 cm³/mol. The van der Waals surface area contributed by atoms with Gasteiger partial charge >= 0.3 is 0 Å². The molecule has 68 valence electrons. The number of phenolic OH excluding ortho intramolecular Hbond substituents is 1. The van der Waals surface area contributed by atoms with Crippen molar-refractivity contribution in [3.8, 4) is 11.8 Å². The third-order valence-corrected chi connectivity index (χ3v) is 1.69. The van der Waals surface area contributed by atoms with Crippen LogP contribution in [0, 0.1) is 17.1 Å². The zero-order valence-corrected chi connectivity index (χ0v) is 6.87. The van der Waals surface area contributed by atoms with E-state index in [4.69, 9.17) is 16.1 Å². The molecule has 0 spiro atoms. The molecular formula is C9H9FN2O. The summed E-state index contributed by atoms with van der Waals surface area (Å²) in [6, 6.07) is 4.75. The Hall–Kier alpha value is -1.60. The van der Waals surface area contributed by atoms with Crippen molar-refractivity contribution in [3.63, 3.8) is 0 Å². The molecule has 0 saturated carbocycles. The summed E-state index contributed by atoms with van der Waals surface area (Å²) < 4.78 is 13.0. The van der Waals surface area contributed by atoms with Crippen molar-refractivity contribution >= 4 is 0 Å². The number of rotatable bonds is 2. The van der Waals surface area contributed by atoms with Crippen LogP contribution in [0.3, 0.4) is 0 Å². The van der Waals surface area contributed by atoms with E-state index in [2.05, 4.69) is 0 Å². The molecule has 1 atom stereocenters. The number of halogens is 1. The lowest BCUT2D eigenvalue weighted by Gasteiger charge is -2.08. The van der Waals surface area contributed by atoms with Gasteiger partial charge in [0, 0.05) is 11.6 Å². The number of aromatic hydroxyl groups is 1. The Kier molecular flexibility index (Phi) is 2.83. The molecule has 0 unspecified atom stereocenters. The summed E-state index contributed by atoms with van der Waals surface area (Å²) in [5, 5.41) is 17.4. The molecule has 0 aliphatic carbocycles. The van der Waals surface area contributed by atoms with Gasteiger partial charge in [-0.15, -0.1) is 0 Å². The normalized spacial score (nSPS) is 12.1.